The Morgan fingerprint density at radius 1 is 0.870 bits per heavy atom. The Balaban J connectivity index is 2.20. The summed E-state index contributed by atoms with van der Waals surface area (Å²) in [5.41, 5.74) is 0.697. The van der Waals surface area contributed by atoms with E-state index in [4.69, 9.17) is 9.47 Å². The Morgan fingerprint density at radius 3 is 1.83 bits per heavy atom. The molecule has 0 radical (unpaired) electrons. The quantitative estimate of drug-likeness (QED) is 0.637. The second-order valence-corrected chi connectivity index (χ2v) is 6.58. The lowest BCUT2D eigenvalue weighted by molar-refractivity contribution is 0.414. The maximum absolute atomic E-state index is 12.4. The molecule has 2 aromatic carbocycles. The number of methoxy groups -OCH3 is 2. The highest BCUT2D eigenvalue weighted by atomic mass is 32.2. The van der Waals surface area contributed by atoms with Crippen molar-refractivity contribution in [3.8, 4) is 23.5 Å². The van der Waals surface area contributed by atoms with Gasteiger partial charge in [-0.15, -0.1) is 0 Å². The van der Waals surface area contributed by atoms with Gasteiger partial charge in [0.2, 0.25) is 0 Å². The van der Waals surface area contributed by atoms with Gasteiger partial charge in [-0.2, -0.15) is 0 Å². The molecular formula is C17H17NO4S. The van der Waals surface area contributed by atoms with Crippen LogP contribution >= 0.6 is 0 Å². The van der Waals surface area contributed by atoms with E-state index in [1.165, 1.54) is 26.3 Å². The third kappa shape index (κ3) is 3.96. The van der Waals surface area contributed by atoms with E-state index in [0.717, 1.165) is 10.1 Å². The normalized spacial score (nSPS) is 10.4. The van der Waals surface area contributed by atoms with Gasteiger partial charge >= 0.3 is 0 Å². The van der Waals surface area contributed by atoms with Crippen molar-refractivity contribution in [1.29, 1.82) is 0 Å². The monoisotopic (exact) mass is 331 g/mol. The summed E-state index contributed by atoms with van der Waals surface area (Å²) in [6, 6.07) is 15.8. The highest BCUT2D eigenvalue weighted by molar-refractivity contribution is 7.89. The zero-order chi connectivity index (χ0) is 16.9. The maximum Gasteiger partial charge on any atom is 0.270 e. The first-order chi connectivity index (χ1) is 11.0. The molecular weight excluding hydrogens is 314 g/mol. The van der Waals surface area contributed by atoms with Crippen molar-refractivity contribution in [3.05, 3.63) is 54.1 Å². The van der Waals surface area contributed by atoms with Crippen molar-refractivity contribution in [2.75, 3.05) is 21.3 Å². The molecule has 0 atom stereocenters. The van der Waals surface area contributed by atoms with Crippen LogP contribution in [0.5, 0.6) is 11.5 Å². The minimum Gasteiger partial charge on any atom is -0.497 e. The molecule has 0 heterocycles. The summed E-state index contributed by atoms with van der Waals surface area (Å²) >= 11 is 0. The van der Waals surface area contributed by atoms with Crippen LogP contribution in [-0.2, 0) is 10.0 Å². The molecule has 0 saturated carbocycles. The Labute approximate surface area is 136 Å². The fraction of sp³-hybridized carbons (Fsp3) is 0.176. The van der Waals surface area contributed by atoms with Crippen molar-refractivity contribution >= 4 is 10.0 Å². The lowest BCUT2D eigenvalue weighted by Crippen LogP contribution is -2.22. The Bertz CT molecular complexity index is 816. The lowest BCUT2D eigenvalue weighted by atomic mass is 10.2. The van der Waals surface area contributed by atoms with Crippen LogP contribution in [0, 0.1) is 12.0 Å². The number of nitrogens with zero attached hydrogens (tertiary/aromatic N) is 1. The smallest absolute Gasteiger partial charge is 0.270 e. The van der Waals surface area contributed by atoms with Crippen molar-refractivity contribution in [2.45, 2.75) is 4.90 Å². The summed E-state index contributed by atoms with van der Waals surface area (Å²) in [5, 5.41) is 0. The number of rotatable bonds is 4. The third-order valence-corrected chi connectivity index (χ3v) is 4.85. The molecule has 0 unspecified atom stereocenters. The molecule has 0 spiro atoms. The summed E-state index contributed by atoms with van der Waals surface area (Å²) < 4.78 is 35.9. The predicted molar refractivity (Wildman–Crippen MR) is 87.8 cm³/mol. The zero-order valence-electron chi connectivity index (χ0n) is 13.1. The number of hydrogen-bond acceptors (Lipinski definition) is 4. The fourth-order valence-electron chi connectivity index (χ4n) is 1.78. The van der Waals surface area contributed by atoms with Crippen molar-refractivity contribution in [1.82, 2.24) is 4.31 Å². The van der Waals surface area contributed by atoms with Crippen LogP contribution in [0.15, 0.2) is 53.4 Å². The molecule has 0 aromatic heterocycles. The van der Waals surface area contributed by atoms with Crippen molar-refractivity contribution in [3.63, 3.8) is 0 Å². The first-order valence-corrected chi connectivity index (χ1v) is 8.20. The molecule has 0 aliphatic rings. The molecule has 0 saturated heterocycles. The molecule has 0 bridgehead atoms. The molecule has 6 heteroatoms. The van der Waals surface area contributed by atoms with Crippen LogP contribution in [0.4, 0.5) is 0 Å². The minimum atomic E-state index is -3.67. The molecule has 0 fully saturated rings. The van der Waals surface area contributed by atoms with Gasteiger partial charge in [0, 0.05) is 18.7 Å². The van der Waals surface area contributed by atoms with Crippen LogP contribution in [0.2, 0.25) is 0 Å². The first kappa shape index (κ1) is 16.7. The summed E-state index contributed by atoms with van der Waals surface area (Å²) in [4.78, 5) is 0.157. The minimum absolute atomic E-state index is 0.157. The van der Waals surface area contributed by atoms with E-state index in [9.17, 15) is 8.42 Å². The summed E-state index contributed by atoms with van der Waals surface area (Å²) in [6.45, 7) is 0. The summed E-state index contributed by atoms with van der Waals surface area (Å²) in [7, 11) is 0.848. The number of hydrogen-bond donors (Lipinski definition) is 0. The van der Waals surface area contributed by atoms with Gasteiger partial charge in [-0.25, -0.2) is 12.7 Å². The number of benzene rings is 2. The van der Waals surface area contributed by atoms with Crippen molar-refractivity contribution < 1.29 is 17.9 Å². The molecule has 23 heavy (non-hydrogen) atoms. The average Bonchev–Trinajstić information content (AvgIpc) is 2.60. The van der Waals surface area contributed by atoms with E-state index in [0.29, 0.717) is 11.3 Å². The van der Waals surface area contributed by atoms with Gasteiger partial charge in [-0.3, -0.25) is 0 Å². The molecule has 120 valence electrons. The summed E-state index contributed by atoms with van der Waals surface area (Å²) in [5.74, 6) is 4.12. The Hall–Kier alpha value is -2.65. The third-order valence-electron chi connectivity index (χ3n) is 3.17. The van der Waals surface area contributed by atoms with Crippen LogP contribution in [-0.4, -0.2) is 34.0 Å². The van der Waals surface area contributed by atoms with Gasteiger partial charge in [0.15, 0.2) is 0 Å². The van der Waals surface area contributed by atoms with E-state index >= 15 is 0 Å². The predicted octanol–water partition coefficient (Wildman–Crippen LogP) is 2.33. The van der Waals surface area contributed by atoms with Gasteiger partial charge in [-0.1, -0.05) is 0 Å². The van der Waals surface area contributed by atoms with E-state index in [-0.39, 0.29) is 4.90 Å². The number of sulfonamides is 1. The first-order valence-electron chi connectivity index (χ1n) is 6.76. The largest absolute Gasteiger partial charge is 0.497 e. The SMILES string of the molecule is COc1ccc(C#CN(C)S(=O)(=O)c2ccc(OC)cc2)cc1. The van der Waals surface area contributed by atoms with Gasteiger partial charge in [0.25, 0.3) is 10.0 Å². The highest BCUT2D eigenvalue weighted by Crippen LogP contribution is 2.18. The zero-order valence-corrected chi connectivity index (χ0v) is 13.9. The van der Waals surface area contributed by atoms with E-state index in [1.54, 1.807) is 43.5 Å². The fourth-order valence-corrected chi connectivity index (χ4v) is 2.75. The average molecular weight is 331 g/mol. The van der Waals surface area contributed by atoms with Crippen LogP contribution in [0.3, 0.4) is 0 Å². The second-order valence-electron chi connectivity index (χ2n) is 4.61. The standard InChI is InChI=1S/C17H17NO4S/c1-18(13-12-14-4-6-15(21-2)7-5-14)23(19,20)17-10-8-16(22-3)9-11-17/h4-11H,1-3H3. The molecule has 2 aromatic rings. The molecule has 5 nitrogen and oxygen atoms in total. The maximum atomic E-state index is 12.4. The van der Waals surface area contributed by atoms with Gasteiger partial charge in [0.1, 0.15) is 11.5 Å². The molecule has 0 N–H and O–H groups in total. The number of ether oxygens (including phenoxy) is 2. The van der Waals surface area contributed by atoms with Gasteiger partial charge in [0.05, 0.1) is 19.1 Å². The Morgan fingerprint density at radius 2 is 1.35 bits per heavy atom. The summed E-state index contributed by atoms with van der Waals surface area (Å²) in [6.07, 6.45) is 0. The van der Waals surface area contributed by atoms with E-state index < -0.39 is 10.0 Å². The molecule has 0 aliphatic carbocycles. The van der Waals surface area contributed by atoms with E-state index in [1.807, 2.05) is 0 Å². The van der Waals surface area contributed by atoms with Crippen LogP contribution in [0.1, 0.15) is 5.56 Å². The highest BCUT2D eigenvalue weighted by Gasteiger charge is 2.18. The molecule has 0 amide bonds. The molecule has 0 aliphatic heterocycles. The van der Waals surface area contributed by atoms with E-state index in [2.05, 4.69) is 12.0 Å². The van der Waals surface area contributed by atoms with Gasteiger partial charge in [-0.05, 0) is 54.5 Å². The van der Waals surface area contributed by atoms with Gasteiger partial charge < -0.3 is 9.47 Å². The van der Waals surface area contributed by atoms with Crippen LogP contribution in [0.25, 0.3) is 0 Å². The lowest BCUT2D eigenvalue weighted by Gasteiger charge is -2.12. The molecule has 2 rings (SSSR count). The Kier molecular flexibility index (Phi) is 5.14. The van der Waals surface area contributed by atoms with Crippen molar-refractivity contribution in [2.24, 2.45) is 0 Å². The second kappa shape index (κ2) is 7.07. The van der Waals surface area contributed by atoms with Crippen LogP contribution < -0.4 is 9.47 Å². The topological polar surface area (TPSA) is 55.8 Å².